The van der Waals surface area contributed by atoms with Crippen LogP contribution in [0.3, 0.4) is 0 Å². The third kappa shape index (κ3) is 5.12. The van der Waals surface area contributed by atoms with Gasteiger partial charge in [0.05, 0.1) is 11.4 Å². The fourth-order valence-electron chi connectivity index (χ4n) is 4.07. The Kier molecular flexibility index (Phi) is 6.78. The van der Waals surface area contributed by atoms with Gasteiger partial charge in [-0.25, -0.2) is 4.39 Å². The number of aromatic nitrogens is 1. The molecular formula is C25H27FN4O2. The molecule has 2 aromatic carbocycles. The highest BCUT2D eigenvalue weighted by Gasteiger charge is 2.25. The summed E-state index contributed by atoms with van der Waals surface area (Å²) < 4.78 is 14.9. The Morgan fingerprint density at radius 3 is 2.47 bits per heavy atom. The molecule has 0 bridgehead atoms. The van der Waals surface area contributed by atoms with Crippen molar-refractivity contribution >= 4 is 17.3 Å². The Bertz CT molecular complexity index is 1050. The van der Waals surface area contributed by atoms with Gasteiger partial charge in [-0.3, -0.25) is 14.7 Å². The summed E-state index contributed by atoms with van der Waals surface area (Å²) in [4.78, 5) is 19.7. The zero-order valence-corrected chi connectivity index (χ0v) is 18.0. The van der Waals surface area contributed by atoms with E-state index in [0.29, 0.717) is 30.0 Å². The molecule has 0 spiro atoms. The lowest BCUT2D eigenvalue weighted by Crippen LogP contribution is -2.46. The molecule has 1 aromatic heterocycles. The fraction of sp³-hybridized carbons (Fsp3) is 0.280. The summed E-state index contributed by atoms with van der Waals surface area (Å²) in [7, 11) is 0. The fourth-order valence-corrected chi connectivity index (χ4v) is 4.07. The Balaban J connectivity index is 1.43. The molecule has 6 nitrogen and oxygen atoms in total. The molecule has 3 aromatic rings. The summed E-state index contributed by atoms with van der Waals surface area (Å²) in [5, 5.41) is 13.6. The van der Waals surface area contributed by atoms with Crippen LogP contribution in [0.2, 0.25) is 0 Å². The van der Waals surface area contributed by atoms with E-state index in [4.69, 9.17) is 0 Å². The van der Waals surface area contributed by atoms with Gasteiger partial charge in [-0.1, -0.05) is 30.3 Å². The number of hydrogen-bond acceptors (Lipinski definition) is 5. The molecule has 1 atom stereocenters. The number of benzene rings is 2. The maximum atomic E-state index is 14.9. The van der Waals surface area contributed by atoms with Crippen molar-refractivity contribution in [3.63, 3.8) is 0 Å². The Hall–Kier alpha value is -3.29. The van der Waals surface area contributed by atoms with Crippen LogP contribution in [0.1, 0.15) is 29.8 Å². The number of nitrogens with one attached hydrogen (secondary N) is 1. The predicted molar refractivity (Wildman–Crippen MR) is 123 cm³/mol. The summed E-state index contributed by atoms with van der Waals surface area (Å²) in [5.74, 6) is -0.422. The lowest BCUT2D eigenvalue weighted by atomic mass is 10.0. The third-order valence-electron chi connectivity index (χ3n) is 5.65. The van der Waals surface area contributed by atoms with Gasteiger partial charge in [0, 0.05) is 57.1 Å². The van der Waals surface area contributed by atoms with Crippen molar-refractivity contribution in [2.24, 2.45) is 0 Å². The van der Waals surface area contributed by atoms with Crippen molar-refractivity contribution < 1.29 is 14.3 Å². The van der Waals surface area contributed by atoms with Gasteiger partial charge < -0.3 is 15.3 Å². The number of amides is 1. The van der Waals surface area contributed by atoms with Gasteiger partial charge in [-0.15, -0.1) is 0 Å². The molecule has 0 aliphatic carbocycles. The minimum atomic E-state index is -0.984. The molecule has 0 unspecified atom stereocenters. The van der Waals surface area contributed by atoms with Gasteiger partial charge >= 0.3 is 0 Å². The smallest absolute Gasteiger partial charge is 0.221 e. The highest BCUT2D eigenvalue weighted by Crippen LogP contribution is 2.33. The second-order valence-corrected chi connectivity index (χ2v) is 7.98. The maximum absolute atomic E-state index is 14.9. The molecule has 2 N–H and O–H groups in total. The average molecular weight is 435 g/mol. The zero-order valence-electron chi connectivity index (χ0n) is 18.0. The molecule has 1 aliphatic heterocycles. The van der Waals surface area contributed by atoms with Gasteiger partial charge in [-0.2, -0.15) is 0 Å². The first-order chi connectivity index (χ1) is 15.5. The molecule has 7 heteroatoms. The molecule has 166 valence electrons. The summed E-state index contributed by atoms with van der Waals surface area (Å²) in [5.41, 5.74) is 3.42. The lowest BCUT2D eigenvalue weighted by molar-refractivity contribution is -0.114. The quantitative estimate of drug-likeness (QED) is 0.621. The highest BCUT2D eigenvalue weighted by molar-refractivity contribution is 5.88. The number of aliphatic hydroxyl groups is 1. The first-order valence-corrected chi connectivity index (χ1v) is 10.7. The van der Waals surface area contributed by atoms with E-state index in [1.165, 1.54) is 13.0 Å². The Morgan fingerprint density at radius 1 is 1.06 bits per heavy atom. The van der Waals surface area contributed by atoms with Crippen LogP contribution in [0, 0.1) is 5.82 Å². The second kappa shape index (κ2) is 9.89. The highest BCUT2D eigenvalue weighted by atomic mass is 19.1. The van der Waals surface area contributed by atoms with Gasteiger partial charge in [0.1, 0.15) is 11.9 Å². The Labute approximate surface area is 187 Å². The summed E-state index contributed by atoms with van der Waals surface area (Å²) in [6.45, 7) is 5.15. The largest absolute Gasteiger partial charge is 0.382 e. The van der Waals surface area contributed by atoms with Crippen LogP contribution in [0.4, 0.5) is 15.8 Å². The number of carbonyl (C=O) groups is 1. The second-order valence-electron chi connectivity index (χ2n) is 7.98. The Morgan fingerprint density at radius 2 is 1.81 bits per heavy atom. The van der Waals surface area contributed by atoms with E-state index in [-0.39, 0.29) is 11.7 Å². The van der Waals surface area contributed by atoms with Gasteiger partial charge in [0.15, 0.2) is 0 Å². The molecule has 0 radical (unpaired) electrons. The van der Waals surface area contributed by atoms with Crippen LogP contribution in [-0.2, 0) is 11.3 Å². The summed E-state index contributed by atoms with van der Waals surface area (Å²) in [6.07, 6.45) is 0.640. The molecule has 0 saturated carbocycles. The molecule has 4 rings (SSSR count). The minimum Gasteiger partial charge on any atom is -0.382 e. The van der Waals surface area contributed by atoms with E-state index in [9.17, 15) is 14.3 Å². The molecule has 1 saturated heterocycles. The number of aliphatic hydroxyl groups excluding tert-OH is 1. The molecule has 32 heavy (non-hydrogen) atoms. The predicted octanol–water partition coefficient (Wildman–Crippen LogP) is 3.58. The third-order valence-corrected chi connectivity index (χ3v) is 5.65. The van der Waals surface area contributed by atoms with Crippen LogP contribution < -0.4 is 10.2 Å². The minimum absolute atomic E-state index is 0.0884. The van der Waals surface area contributed by atoms with Gasteiger partial charge in [-0.05, 0) is 35.9 Å². The van der Waals surface area contributed by atoms with Crippen molar-refractivity contribution in [2.45, 2.75) is 19.6 Å². The van der Waals surface area contributed by atoms with E-state index in [2.05, 4.69) is 15.2 Å². The first kappa shape index (κ1) is 21.9. The van der Waals surface area contributed by atoms with E-state index in [0.717, 1.165) is 30.9 Å². The van der Waals surface area contributed by atoms with Crippen molar-refractivity contribution in [1.29, 1.82) is 0 Å². The monoisotopic (exact) mass is 434 g/mol. The summed E-state index contributed by atoms with van der Waals surface area (Å²) in [6, 6.07) is 18.0. The number of anilines is 2. The van der Waals surface area contributed by atoms with Gasteiger partial charge in [0.2, 0.25) is 5.91 Å². The van der Waals surface area contributed by atoms with E-state index in [1.807, 2.05) is 35.2 Å². The van der Waals surface area contributed by atoms with Crippen molar-refractivity contribution in [3.05, 3.63) is 89.5 Å². The topological polar surface area (TPSA) is 68.7 Å². The SMILES string of the molecule is CC(=O)Nc1ccc(CN2CCN(c3c(F)cccc3[C@@H](O)c3ccccn3)CC2)cc1. The van der Waals surface area contributed by atoms with Crippen LogP contribution >= 0.6 is 0 Å². The number of halogens is 1. The van der Waals surface area contributed by atoms with Crippen LogP contribution in [0.5, 0.6) is 0 Å². The standard InChI is InChI=1S/C25H27FN4O2/c1-18(31)28-20-10-8-19(9-11-20)17-29-13-15-30(16-14-29)24-21(5-4-6-22(24)26)25(32)23-7-2-3-12-27-23/h2-12,25,32H,13-17H2,1H3,(H,28,31)/t25-/m1/s1. The molecular weight excluding hydrogens is 407 g/mol. The number of nitrogens with zero attached hydrogens (tertiary/aromatic N) is 3. The van der Waals surface area contributed by atoms with Crippen molar-refractivity contribution in [3.8, 4) is 0 Å². The molecule has 1 fully saturated rings. The lowest BCUT2D eigenvalue weighted by Gasteiger charge is -2.37. The average Bonchev–Trinajstić information content (AvgIpc) is 2.81. The van der Waals surface area contributed by atoms with E-state index < -0.39 is 6.10 Å². The van der Waals surface area contributed by atoms with Crippen molar-refractivity contribution in [1.82, 2.24) is 9.88 Å². The van der Waals surface area contributed by atoms with Crippen LogP contribution in [-0.4, -0.2) is 47.1 Å². The number of rotatable bonds is 6. The maximum Gasteiger partial charge on any atom is 0.221 e. The number of piperazine rings is 1. The van der Waals surface area contributed by atoms with Crippen molar-refractivity contribution in [2.75, 3.05) is 36.4 Å². The summed E-state index contributed by atoms with van der Waals surface area (Å²) >= 11 is 0. The van der Waals surface area contributed by atoms with Gasteiger partial charge in [0.25, 0.3) is 0 Å². The molecule has 1 amide bonds. The normalized spacial score (nSPS) is 15.4. The zero-order chi connectivity index (χ0) is 22.5. The molecule has 1 aliphatic rings. The number of hydrogen-bond donors (Lipinski definition) is 2. The van der Waals surface area contributed by atoms with E-state index >= 15 is 0 Å². The molecule has 2 heterocycles. The van der Waals surface area contributed by atoms with Crippen LogP contribution in [0.25, 0.3) is 0 Å². The number of para-hydroxylation sites is 1. The number of carbonyl (C=O) groups excluding carboxylic acids is 1. The van der Waals surface area contributed by atoms with Crippen LogP contribution in [0.15, 0.2) is 66.9 Å². The first-order valence-electron chi connectivity index (χ1n) is 10.7. The van der Waals surface area contributed by atoms with E-state index in [1.54, 1.807) is 30.5 Å². The number of pyridine rings is 1.